The number of esters is 2. The van der Waals surface area contributed by atoms with Crippen molar-refractivity contribution >= 4 is 31.6 Å². The number of benzene rings is 3. The van der Waals surface area contributed by atoms with E-state index in [1.807, 2.05) is 0 Å². The van der Waals surface area contributed by atoms with Crippen LogP contribution in [-0.2, 0) is 71.4 Å². The molecule has 0 fully saturated rings. The number of amides is 2. The minimum Gasteiger partial charge on any atom is -0.455 e. The lowest BCUT2D eigenvalue weighted by atomic mass is 10.2. The summed E-state index contributed by atoms with van der Waals surface area (Å²) in [7, 11) is -4.40. The lowest BCUT2D eigenvalue weighted by Crippen LogP contribution is -2.51. The van der Waals surface area contributed by atoms with Crippen molar-refractivity contribution in [1.82, 2.24) is 5.06 Å². The van der Waals surface area contributed by atoms with Gasteiger partial charge < -0.3 is 9.47 Å². The quantitative estimate of drug-likeness (QED) is 0.121. The predicted octanol–water partition coefficient (Wildman–Crippen LogP) is 4.92. The molecular formula is C31H34NO11P. The molecule has 44 heavy (non-hydrogen) atoms. The molecule has 0 saturated carbocycles. The van der Waals surface area contributed by atoms with E-state index in [0.717, 1.165) is 20.8 Å². The summed E-state index contributed by atoms with van der Waals surface area (Å²) >= 11 is 0. The van der Waals surface area contributed by atoms with E-state index in [0.29, 0.717) is 21.8 Å². The fourth-order valence-electron chi connectivity index (χ4n) is 3.73. The van der Waals surface area contributed by atoms with Gasteiger partial charge in [0.1, 0.15) is 6.61 Å². The molecule has 13 heteroatoms. The van der Waals surface area contributed by atoms with Gasteiger partial charge >= 0.3 is 19.8 Å². The van der Waals surface area contributed by atoms with E-state index in [2.05, 4.69) is 0 Å². The maximum atomic E-state index is 13.8. The molecule has 0 N–H and O–H groups in total. The van der Waals surface area contributed by atoms with Crippen LogP contribution in [0.1, 0.15) is 37.5 Å². The van der Waals surface area contributed by atoms with Crippen LogP contribution in [0.25, 0.3) is 0 Å². The SMILES string of the molecule is CC(=O)O[C@H](COP(=O)(OCc1ccccc1)OCc1ccccc1)[C@@H](OC(C)=O)C(=O)N(OCc1ccccc1)C(C)=O. The fourth-order valence-corrected chi connectivity index (χ4v) is 4.90. The Morgan fingerprint density at radius 2 is 1.07 bits per heavy atom. The Bertz CT molecular complexity index is 1370. The molecule has 3 aromatic carbocycles. The van der Waals surface area contributed by atoms with Gasteiger partial charge in [0.15, 0.2) is 6.10 Å². The first-order valence-corrected chi connectivity index (χ1v) is 15.0. The van der Waals surface area contributed by atoms with E-state index in [-0.39, 0.29) is 19.8 Å². The van der Waals surface area contributed by atoms with Crippen LogP contribution in [-0.4, -0.2) is 47.6 Å². The predicted molar refractivity (Wildman–Crippen MR) is 156 cm³/mol. The first-order chi connectivity index (χ1) is 21.1. The summed E-state index contributed by atoms with van der Waals surface area (Å²) in [6, 6.07) is 26.3. The van der Waals surface area contributed by atoms with E-state index in [4.69, 9.17) is 27.9 Å². The fraction of sp³-hybridized carbons (Fsp3) is 0.290. The molecule has 12 nitrogen and oxygen atoms in total. The number of rotatable bonds is 16. The highest BCUT2D eigenvalue weighted by atomic mass is 31.2. The first kappa shape index (κ1) is 34.3. The van der Waals surface area contributed by atoms with Gasteiger partial charge in [0.05, 0.1) is 19.8 Å². The summed E-state index contributed by atoms with van der Waals surface area (Å²) in [5.74, 6) is -3.82. The van der Waals surface area contributed by atoms with E-state index in [9.17, 15) is 23.7 Å². The van der Waals surface area contributed by atoms with Crippen LogP contribution >= 0.6 is 7.82 Å². The van der Waals surface area contributed by atoms with Crippen molar-refractivity contribution in [3.63, 3.8) is 0 Å². The molecule has 2 atom stereocenters. The topological polar surface area (TPSA) is 144 Å². The minimum atomic E-state index is -4.40. The number of imide groups is 1. The lowest BCUT2D eigenvalue weighted by molar-refractivity contribution is -0.212. The van der Waals surface area contributed by atoms with Crippen molar-refractivity contribution in [2.24, 2.45) is 0 Å². The summed E-state index contributed by atoms with van der Waals surface area (Å²) in [5, 5.41) is 0.397. The number of carbonyl (C=O) groups is 4. The monoisotopic (exact) mass is 627 g/mol. The second-order valence-electron chi connectivity index (χ2n) is 9.35. The van der Waals surface area contributed by atoms with Crippen LogP contribution < -0.4 is 0 Å². The molecule has 0 radical (unpaired) electrons. The Morgan fingerprint density at radius 3 is 1.48 bits per heavy atom. The number of nitrogens with zero attached hydrogens (tertiary/aromatic N) is 1. The van der Waals surface area contributed by atoms with Gasteiger partial charge in [-0.2, -0.15) is 0 Å². The molecule has 3 aromatic rings. The zero-order chi connectivity index (χ0) is 32.0. The van der Waals surface area contributed by atoms with Crippen LogP contribution in [0, 0.1) is 0 Å². The summed E-state index contributed by atoms with van der Waals surface area (Å²) < 4.78 is 40.9. The number of phosphoric ester groups is 1. The van der Waals surface area contributed by atoms with Gasteiger partial charge in [-0.25, -0.2) is 4.57 Å². The molecule has 0 spiro atoms. The molecular weight excluding hydrogens is 593 g/mol. The molecule has 0 aliphatic rings. The molecule has 0 unspecified atom stereocenters. The summed E-state index contributed by atoms with van der Waals surface area (Å²) in [5.41, 5.74) is 1.97. The van der Waals surface area contributed by atoms with Crippen molar-refractivity contribution in [1.29, 1.82) is 0 Å². The van der Waals surface area contributed by atoms with Crippen molar-refractivity contribution in [3.8, 4) is 0 Å². The van der Waals surface area contributed by atoms with Gasteiger partial charge in [-0.05, 0) is 16.7 Å². The van der Waals surface area contributed by atoms with E-state index in [1.54, 1.807) is 91.0 Å². The Morgan fingerprint density at radius 1 is 0.636 bits per heavy atom. The number of ether oxygens (including phenoxy) is 2. The Hall–Kier alpha value is -4.19. The molecule has 0 heterocycles. The summed E-state index contributed by atoms with van der Waals surface area (Å²) in [6.45, 7) is 1.85. The molecule has 0 saturated heterocycles. The molecule has 3 rings (SSSR count). The maximum absolute atomic E-state index is 13.8. The highest BCUT2D eigenvalue weighted by Crippen LogP contribution is 2.51. The average Bonchev–Trinajstić information content (AvgIpc) is 3.01. The third kappa shape index (κ3) is 11.5. The summed E-state index contributed by atoms with van der Waals surface area (Å²) in [6.07, 6.45) is -3.60. The van der Waals surface area contributed by atoms with Gasteiger partial charge in [-0.1, -0.05) is 91.0 Å². The number of carbonyl (C=O) groups excluding carboxylic acids is 4. The largest absolute Gasteiger partial charge is 0.475 e. The number of hydroxylamine groups is 2. The smallest absolute Gasteiger partial charge is 0.455 e. The van der Waals surface area contributed by atoms with Gasteiger partial charge in [0.2, 0.25) is 12.0 Å². The molecule has 0 aliphatic carbocycles. The van der Waals surface area contributed by atoms with Gasteiger partial charge in [-0.3, -0.25) is 37.6 Å². The van der Waals surface area contributed by atoms with Gasteiger partial charge in [0.25, 0.3) is 5.91 Å². The number of phosphoric acid groups is 1. The van der Waals surface area contributed by atoms with Crippen LogP contribution in [0.3, 0.4) is 0 Å². The van der Waals surface area contributed by atoms with Gasteiger partial charge in [-0.15, -0.1) is 5.06 Å². The van der Waals surface area contributed by atoms with Crippen molar-refractivity contribution in [2.75, 3.05) is 6.61 Å². The first-order valence-electron chi connectivity index (χ1n) is 13.5. The van der Waals surface area contributed by atoms with E-state index in [1.165, 1.54) is 0 Å². The Kier molecular flexibility index (Phi) is 13.4. The normalized spacial score (nSPS) is 12.5. The number of hydrogen-bond donors (Lipinski definition) is 0. The Labute approximate surface area is 255 Å². The van der Waals surface area contributed by atoms with Crippen LogP contribution in [0.2, 0.25) is 0 Å². The van der Waals surface area contributed by atoms with Crippen molar-refractivity contribution in [3.05, 3.63) is 108 Å². The molecule has 234 valence electrons. The van der Waals surface area contributed by atoms with Crippen molar-refractivity contribution in [2.45, 2.75) is 52.8 Å². The second-order valence-corrected chi connectivity index (χ2v) is 11.0. The number of hydrogen-bond acceptors (Lipinski definition) is 11. The van der Waals surface area contributed by atoms with E-state index < -0.39 is 50.4 Å². The molecule has 0 bridgehead atoms. The van der Waals surface area contributed by atoms with Crippen LogP contribution in [0.4, 0.5) is 0 Å². The van der Waals surface area contributed by atoms with Crippen molar-refractivity contribution < 1.29 is 51.6 Å². The third-order valence-electron chi connectivity index (χ3n) is 5.74. The molecule has 0 aromatic heterocycles. The average molecular weight is 628 g/mol. The molecule has 2 amide bonds. The Balaban J connectivity index is 1.84. The maximum Gasteiger partial charge on any atom is 0.475 e. The zero-order valence-corrected chi connectivity index (χ0v) is 25.4. The second kappa shape index (κ2) is 17.2. The third-order valence-corrected chi connectivity index (χ3v) is 7.10. The standard InChI is InChI=1S/C31H34NO11P/c1-23(33)32(38-19-26-13-7-4-8-14-26)31(36)30(43-25(3)35)29(42-24(2)34)22-41-44(37,39-20-27-15-9-5-10-16-27)40-21-28-17-11-6-12-18-28/h4-18,29-30H,19-22H2,1-3H3/t29-,30-/m1/s1. The lowest BCUT2D eigenvalue weighted by Gasteiger charge is -2.29. The van der Waals surface area contributed by atoms with Gasteiger partial charge in [0, 0.05) is 20.8 Å². The minimum absolute atomic E-state index is 0.164. The highest BCUT2D eigenvalue weighted by Gasteiger charge is 2.41. The van der Waals surface area contributed by atoms with E-state index >= 15 is 0 Å². The zero-order valence-electron chi connectivity index (χ0n) is 24.5. The molecule has 0 aliphatic heterocycles. The van der Waals surface area contributed by atoms with Crippen LogP contribution in [0.15, 0.2) is 91.0 Å². The van der Waals surface area contributed by atoms with Crippen LogP contribution in [0.5, 0.6) is 0 Å². The highest BCUT2D eigenvalue weighted by molar-refractivity contribution is 7.48. The summed E-state index contributed by atoms with van der Waals surface area (Å²) in [4.78, 5) is 55.5.